The molecule has 150 valence electrons. The van der Waals surface area contributed by atoms with Gasteiger partial charge in [-0.05, 0) is 55.9 Å². The van der Waals surface area contributed by atoms with Crippen molar-refractivity contribution in [3.63, 3.8) is 0 Å². The van der Waals surface area contributed by atoms with Gasteiger partial charge in [0.25, 0.3) is 5.91 Å². The van der Waals surface area contributed by atoms with Crippen molar-refractivity contribution in [2.75, 3.05) is 38.1 Å². The number of piperidine rings is 1. The Hall–Kier alpha value is -2.08. The van der Waals surface area contributed by atoms with Gasteiger partial charge < -0.3 is 20.2 Å². The first kappa shape index (κ1) is 21.2. The van der Waals surface area contributed by atoms with E-state index in [-0.39, 0.29) is 18.5 Å². The Bertz CT molecular complexity index is 640. The number of aliphatic hydroxyl groups excluding tert-OH is 1. The van der Waals surface area contributed by atoms with E-state index < -0.39 is 0 Å². The number of aliphatic hydroxyl groups is 1. The third-order valence-electron chi connectivity index (χ3n) is 5.22. The molecule has 0 bridgehead atoms. The lowest BCUT2D eigenvalue weighted by Gasteiger charge is -2.30. The van der Waals surface area contributed by atoms with Crippen molar-refractivity contribution >= 4 is 17.6 Å². The Morgan fingerprint density at radius 2 is 1.96 bits per heavy atom. The molecule has 1 aliphatic rings. The third kappa shape index (κ3) is 5.96. The minimum absolute atomic E-state index is 0.0575. The molecule has 2 N–H and O–H groups in total. The van der Waals surface area contributed by atoms with E-state index in [4.69, 9.17) is 0 Å². The average Bonchev–Trinajstić information content (AvgIpc) is 2.66. The number of rotatable bonds is 7. The van der Waals surface area contributed by atoms with Crippen molar-refractivity contribution in [1.82, 2.24) is 9.80 Å². The van der Waals surface area contributed by atoms with Crippen molar-refractivity contribution in [3.05, 3.63) is 29.3 Å². The number of urea groups is 1. The predicted molar refractivity (Wildman–Crippen MR) is 108 cm³/mol. The Morgan fingerprint density at radius 1 is 1.26 bits per heavy atom. The zero-order valence-electron chi connectivity index (χ0n) is 16.8. The van der Waals surface area contributed by atoms with Gasteiger partial charge in [-0.2, -0.15) is 0 Å². The van der Waals surface area contributed by atoms with E-state index in [2.05, 4.69) is 19.2 Å². The molecule has 0 atom stereocenters. The highest BCUT2D eigenvalue weighted by Crippen LogP contribution is 2.21. The largest absolute Gasteiger partial charge is 0.395 e. The lowest BCUT2D eigenvalue weighted by Crippen LogP contribution is -2.38. The number of hydrogen-bond donors (Lipinski definition) is 2. The van der Waals surface area contributed by atoms with E-state index in [1.165, 1.54) is 0 Å². The number of aryl methyl sites for hydroxylation is 1. The van der Waals surface area contributed by atoms with E-state index in [0.29, 0.717) is 30.3 Å². The van der Waals surface area contributed by atoms with Crippen molar-refractivity contribution in [2.45, 2.75) is 46.5 Å². The number of nitrogens with zero attached hydrogens (tertiary/aromatic N) is 2. The normalized spacial score (nSPS) is 14.9. The van der Waals surface area contributed by atoms with Crippen LogP contribution in [0.4, 0.5) is 10.5 Å². The molecule has 1 heterocycles. The first-order valence-corrected chi connectivity index (χ1v) is 10.0. The van der Waals surface area contributed by atoms with Crippen LogP contribution in [0.1, 0.15) is 55.5 Å². The quantitative estimate of drug-likeness (QED) is 0.766. The smallest absolute Gasteiger partial charge is 0.321 e. The van der Waals surface area contributed by atoms with Crippen LogP contribution in [0.5, 0.6) is 0 Å². The summed E-state index contributed by atoms with van der Waals surface area (Å²) in [6.07, 6.45) is 3.99. The van der Waals surface area contributed by atoms with E-state index in [1.807, 2.05) is 17.9 Å². The fourth-order valence-electron chi connectivity index (χ4n) is 3.31. The van der Waals surface area contributed by atoms with Crippen LogP contribution in [0.3, 0.4) is 0 Å². The van der Waals surface area contributed by atoms with Crippen LogP contribution in [0.25, 0.3) is 0 Å². The SMILES string of the molecule is CCCCN(CCO)C(=O)Nc1ccc(C(=O)N2CCC(C)CC2)cc1C. The summed E-state index contributed by atoms with van der Waals surface area (Å²) in [7, 11) is 0. The topological polar surface area (TPSA) is 72.9 Å². The Labute approximate surface area is 162 Å². The second-order valence-electron chi connectivity index (χ2n) is 7.50. The maximum Gasteiger partial charge on any atom is 0.321 e. The van der Waals surface area contributed by atoms with Crippen LogP contribution in [-0.4, -0.2) is 59.6 Å². The fraction of sp³-hybridized carbons (Fsp3) is 0.619. The number of amides is 3. The third-order valence-corrected chi connectivity index (χ3v) is 5.22. The summed E-state index contributed by atoms with van der Waals surface area (Å²) in [4.78, 5) is 28.7. The van der Waals surface area contributed by atoms with Gasteiger partial charge in [0.05, 0.1) is 6.61 Å². The van der Waals surface area contributed by atoms with Gasteiger partial charge in [0, 0.05) is 37.4 Å². The Kier molecular flexibility index (Phi) is 8.10. The molecule has 6 heteroatoms. The van der Waals surface area contributed by atoms with Crippen LogP contribution in [0.2, 0.25) is 0 Å². The maximum absolute atomic E-state index is 12.7. The molecule has 0 unspecified atom stereocenters. The fourth-order valence-corrected chi connectivity index (χ4v) is 3.31. The lowest BCUT2D eigenvalue weighted by molar-refractivity contribution is 0.0697. The van der Waals surface area contributed by atoms with E-state index in [0.717, 1.165) is 44.3 Å². The summed E-state index contributed by atoms with van der Waals surface area (Å²) in [5.41, 5.74) is 2.22. The van der Waals surface area contributed by atoms with Gasteiger partial charge in [-0.3, -0.25) is 4.79 Å². The summed E-state index contributed by atoms with van der Waals surface area (Å²) < 4.78 is 0. The van der Waals surface area contributed by atoms with E-state index in [1.54, 1.807) is 17.0 Å². The van der Waals surface area contributed by atoms with Crippen LogP contribution in [0.15, 0.2) is 18.2 Å². The number of carbonyl (C=O) groups excluding carboxylic acids is 2. The first-order valence-electron chi connectivity index (χ1n) is 10.0. The molecule has 3 amide bonds. The number of likely N-dealkylation sites (tertiary alicyclic amines) is 1. The number of carbonyl (C=O) groups is 2. The average molecular weight is 376 g/mol. The van der Waals surface area contributed by atoms with Gasteiger partial charge in [0.15, 0.2) is 0 Å². The zero-order chi connectivity index (χ0) is 19.8. The maximum atomic E-state index is 12.7. The van der Waals surface area contributed by atoms with Gasteiger partial charge in [-0.1, -0.05) is 20.3 Å². The molecule has 0 aromatic heterocycles. The highest BCUT2D eigenvalue weighted by atomic mass is 16.3. The van der Waals surface area contributed by atoms with Gasteiger partial charge in [0.2, 0.25) is 0 Å². The number of anilines is 1. The molecule has 1 saturated heterocycles. The molecule has 1 aromatic carbocycles. The summed E-state index contributed by atoms with van der Waals surface area (Å²) in [5, 5.41) is 12.1. The first-order chi connectivity index (χ1) is 13.0. The van der Waals surface area contributed by atoms with Crippen molar-refractivity contribution in [1.29, 1.82) is 0 Å². The number of hydrogen-bond acceptors (Lipinski definition) is 3. The van der Waals surface area contributed by atoms with Crippen molar-refractivity contribution in [3.8, 4) is 0 Å². The second kappa shape index (κ2) is 10.3. The molecule has 0 radical (unpaired) electrons. The van der Waals surface area contributed by atoms with Gasteiger partial charge in [-0.15, -0.1) is 0 Å². The standard InChI is InChI=1S/C21H33N3O3/c1-4-5-10-24(13-14-25)21(27)22-19-7-6-18(15-17(19)3)20(26)23-11-8-16(2)9-12-23/h6-7,15-16,25H,4-5,8-14H2,1-3H3,(H,22,27). The molecule has 6 nitrogen and oxygen atoms in total. The summed E-state index contributed by atoms with van der Waals surface area (Å²) in [5.74, 6) is 0.746. The second-order valence-corrected chi connectivity index (χ2v) is 7.50. The zero-order valence-corrected chi connectivity index (χ0v) is 16.8. The van der Waals surface area contributed by atoms with Crippen molar-refractivity contribution in [2.24, 2.45) is 5.92 Å². The van der Waals surface area contributed by atoms with Crippen LogP contribution in [-0.2, 0) is 0 Å². The molecule has 2 rings (SSSR count). The minimum Gasteiger partial charge on any atom is -0.395 e. The number of benzene rings is 1. The molecule has 1 aliphatic heterocycles. The lowest BCUT2D eigenvalue weighted by atomic mass is 9.98. The molecular formula is C21H33N3O3. The van der Waals surface area contributed by atoms with Gasteiger partial charge >= 0.3 is 6.03 Å². The van der Waals surface area contributed by atoms with Crippen molar-refractivity contribution < 1.29 is 14.7 Å². The molecule has 0 saturated carbocycles. The predicted octanol–water partition coefficient (Wildman–Crippen LogP) is 3.49. The molecular weight excluding hydrogens is 342 g/mol. The Morgan fingerprint density at radius 3 is 2.56 bits per heavy atom. The molecule has 0 aliphatic carbocycles. The summed E-state index contributed by atoms with van der Waals surface area (Å²) in [6, 6.07) is 5.21. The van der Waals surface area contributed by atoms with Crippen LogP contribution >= 0.6 is 0 Å². The highest BCUT2D eigenvalue weighted by molar-refractivity contribution is 5.96. The Balaban J connectivity index is 2.02. The molecule has 0 spiro atoms. The highest BCUT2D eigenvalue weighted by Gasteiger charge is 2.22. The van der Waals surface area contributed by atoms with Crippen LogP contribution < -0.4 is 5.32 Å². The summed E-state index contributed by atoms with van der Waals surface area (Å²) >= 11 is 0. The van der Waals surface area contributed by atoms with Crippen LogP contribution in [0, 0.1) is 12.8 Å². The van der Waals surface area contributed by atoms with E-state index >= 15 is 0 Å². The molecule has 1 aromatic rings. The van der Waals surface area contributed by atoms with Gasteiger partial charge in [-0.25, -0.2) is 4.79 Å². The minimum atomic E-state index is -0.218. The van der Waals surface area contributed by atoms with Gasteiger partial charge in [0.1, 0.15) is 0 Å². The molecule has 1 fully saturated rings. The number of unbranched alkanes of at least 4 members (excludes halogenated alkanes) is 1. The van der Waals surface area contributed by atoms with E-state index in [9.17, 15) is 14.7 Å². The molecule has 27 heavy (non-hydrogen) atoms. The monoisotopic (exact) mass is 375 g/mol. The summed E-state index contributed by atoms with van der Waals surface area (Å²) in [6.45, 7) is 8.68. The number of nitrogens with one attached hydrogen (secondary N) is 1.